The highest BCUT2D eigenvalue weighted by atomic mass is 15.2. The highest BCUT2D eigenvalue weighted by Gasteiger charge is 2.21. The largest absolute Gasteiger partial charge is 0.316 e. The molecule has 0 spiro atoms. The monoisotopic (exact) mass is 250 g/mol. The Labute approximate surface area is 110 Å². The van der Waals surface area contributed by atoms with Crippen molar-refractivity contribution in [2.75, 3.05) is 32.7 Å². The number of rotatable bonds is 7. The second-order valence-electron chi connectivity index (χ2n) is 5.43. The van der Waals surface area contributed by atoms with E-state index in [0.717, 1.165) is 18.9 Å². The first-order valence-electron chi connectivity index (χ1n) is 7.18. The molecule has 1 saturated heterocycles. The topological polar surface area (TPSA) is 33.1 Å². The normalized spacial score (nSPS) is 20.7. The number of aromatic nitrogens is 2. The van der Waals surface area contributed by atoms with Crippen LogP contribution in [-0.4, -0.2) is 47.4 Å². The molecule has 2 heterocycles. The molecular formula is C14H26N4. The number of likely N-dealkylation sites (tertiary alicyclic amines) is 1. The Morgan fingerprint density at radius 2 is 2.39 bits per heavy atom. The standard InChI is InChI=1S/C14H26N4/c1-3-6-15-9-13-4-7-18(12-13)8-5-14-10-16-17(2)11-14/h10-11,13,15H,3-9,12H2,1-2H3. The lowest BCUT2D eigenvalue weighted by atomic mass is 10.1. The van der Waals surface area contributed by atoms with Gasteiger partial charge in [-0.1, -0.05) is 6.92 Å². The van der Waals surface area contributed by atoms with Gasteiger partial charge < -0.3 is 10.2 Å². The van der Waals surface area contributed by atoms with Crippen LogP contribution in [-0.2, 0) is 13.5 Å². The Kier molecular flexibility index (Phi) is 5.20. The van der Waals surface area contributed by atoms with Crippen LogP contribution in [0.15, 0.2) is 12.4 Å². The van der Waals surface area contributed by atoms with Gasteiger partial charge in [0.2, 0.25) is 0 Å². The van der Waals surface area contributed by atoms with Crippen LogP contribution >= 0.6 is 0 Å². The molecule has 0 radical (unpaired) electrons. The molecule has 18 heavy (non-hydrogen) atoms. The van der Waals surface area contributed by atoms with Crippen molar-refractivity contribution < 1.29 is 0 Å². The third-order valence-corrected chi connectivity index (χ3v) is 3.70. The first kappa shape index (κ1) is 13.6. The molecule has 0 aliphatic carbocycles. The van der Waals surface area contributed by atoms with Gasteiger partial charge in [0.05, 0.1) is 6.20 Å². The van der Waals surface area contributed by atoms with Gasteiger partial charge in [-0.25, -0.2) is 0 Å². The van der Waals surface area contributed by atoms with E-state index in [1.54, 1.807) is 0 Å². The number of hydrogen-bond donors (Lipinski definition) is 1. The molecule has 0 amide bonds. The third kappa shape index (κ3) is 4.10. The molecule has 4 nitrogen and oxygen atoms in total. The van der Waals surface area contributed by atoms with Gasteiger partial charge in [-0.2, -0.15) is 5.10 Å². The summed E-state index contributed by atoms with van der Waals surface area (Å²) in [7, 11) is 1.98. The Bertz CT molecular complexity index is 347. The number of nitrogens with one attached hydrogen (secondary N) is 1. The van der Waals surface area contributed by atoms with Gasteiger partial charge in [-0.15, -0.1) is 0 Å². The first-order valence-corrected chi connectivity index (χ1v) is 7.18. The van der Waals surface area contributed by atoms with Crippen molar-refractivity contribution in [3.8, 4) is 0 Å². The summed E-state index contributed by atoms with van der Waals surface area (Å²) in [5.74, 6) is 0.852. The Hall–Kier alpha value is -0.870. The predicted octanol–water partition coefficient (Wildman–Crippen LogP) is 1.28. The molecule has 2 rings (SSSR count). The minimum atomic E-state index is 0.852. The van der Waals surface area contributed by atoms with Crippen molar-refractivity contribution in [1.82, 2.24) is 20.0 Å². The van der Waals surface area contributed by atoms with E-state index in [4.69, 9.17) is 0 Å². The molecule has 1 N–H and O–H groups in total. The second kappa shape index (κ2) is 6.90. The van der Waals surface area contributed by atoms with Crippen molar-refractivity contribution in [1.29, 1.82) is 0 Å². The summed E-state index contributed by atoms with van der Waals surface area (Å²) in [6.07, 6.45) is 7.82. The van der Waals surface area contributed by atoms with Crippen LogP contribution in [0.5, 0.6) is 0 Å². The Morgan fingerprint density at radius 3 is 3.11 bits per heavy atom. The van der Waals surface area contributed by atoms with Crippen LogP contribution in [0, 0.1) is 5.92 Å². The fourth-order valence-electron chi connectivity index (χ4n) is 2.65. The van der Waals surface area contributed by atoms with Gasteiger partial charge in [0.25, 0.3) is 0 Å². The first-order chi connectivity index (χ1) is 8.78. The van der Waals surface area contributed by atoms with E-state index in [0.29, 0.717) is 0 Å². The molecular weight excluding hydrogens is 224 g/mol. The SMILES string of the molecule is CCCNCC1CCN(CCc2cnn(C)c2)C1. The summed E-state index contributed by atoms with van der Waals surface area (Å²) < 4.78 is 1.89. The van der Waals surface area contributed by atoms with Crippen molar-refractivity contribution >= 4 is 0 Å². The zero-order valence-corrected chi connectivity index (χ0v) is 11.7. The van der Waals surface area contributed by atoms with Crippen LogP contribution in [0.4, 0.5) is 0 Å². The summed E-state index contributed by atoms with van der Waals surface area (Å²) in [6.45, 7) is 8.27. The molecule has 0 bridgehead atoms. The second-order valence-corrected chi connectivity index (χ2v) is 5.43. The average molecular weight is 250 g/mol. The maximum atomic E-state index is 4.21. The highest BCUT2D eigenvalue weighted by molar-refractivity contribution is 5.04. The summed E-state index contributed by atoms with van der Waals surface area (Å²) >= 11 is 0. The lowest BCUT2D eigenvalue weighted by molar-refractivity contribution is 0.326. The van der Waals surface area contributed by atoms with Crippen molar-refractivity contribution in [3.05, 3.63) is 18.0 Å². The van der Waals surface area contributed by atoms with Gasteiger partial charge in [-0.05, 0) is 50.4 Å². The van der Waals surface area contributed by atoms with Crippen LogP contribution in [0.1, 0.15) is 25.3 Å². The third-order valence-electron chi connectivity index (χ3n) is 3.70. The molecule has 0 aromatic carbocycles. The smallest absolute Gasteiger partial charge is 0.0522 e. The summed E-state index contributed by atoms with van der Waals surface area (Å²) in [4.78, 5) is 2.59. The van der Waals surface area contributed by atoms with E-state index in [1.165, 1.54) is 44.6 Å². The molecule has 1 fully saturated rings. The molecule has 1 aromatic heterocycles. The number of hydrogen-bond acceptors (Lipinski definition) is 3. The van der Waals surface area contributed by atoms with Crippen molar-refractivity contribution in [3.63, 3.8) is 0 Å². The molecule has 4 heteroatoms. The van der Waals surface area contributed by atoms with E-state index < -0.39 is 0 Å². The van der Waals surface area contributed by atoms with Crippen molar-refractivity contribution in [2.24, 2.45) is 13.0 Å². The summed E-state index contributed by atoms with van der Waals surface area (Å²) in [5.41, 5.74) is 1.35. The van der Waals surface area contributed by atoms with Crippen LogP contribution in [0.2, 0.25) is 0 Å². The van der Waals surface area contributed by atoms with E-state index in [-0.39, 0.29) is 0 Å². The molecule has 102 valence electrons. The number of nitrogens with zero attached hydrogens (tertiary/aromatic N) is 3. The average Bonchev–Trinajstić information content (AvgIpc) is 2.96. The maximum absolute atomic E-state index is 4.21. The van der Waals surface area contributed by atoms with Crippen LogP contribution in [0.25, 0.3) is 0 Å². The van der Waals surface area contributed by atoms with Gasteiger partial charge in [0.1, 0.15) is 0 Å². The zero-order valence-electron chi connectivity index (χ0n) is 11.7. The van der Waals surface area contributed by atoms with Gasteiger partial charge in [-0.3, -0.25) is 4.68 Å². The zero-order chi connectivity index (χ0) is 12.8. The predicted molar refractivity (Wildman–Crippen MR) is 74.6 cm³/mol. The molecule has 0 saturated carbocycles. The quantitative estimate of drug-likeness (QED) is 0.740. The van der Waals surface area contributed by atoms with E-state index in [2.05, 4.69) is 28.4 Å². The van der Waals surface area contributed by atoms with E-state index in [9.17, 15) is 0 Å². The highest BCUT2D eigenvalue weighted by Crippen LogP contribution is 2.15. The Morgan fingerprint density at radius 1 is 1.50 bits per heavy atom. The lowest BCUT2D eigenvalue weighted by Crippen LogP contribution is -2.28. The maximum Gasteiger partial charge on any atom is 0.0522 e. The minimum absolute atomic E-state index is 0.852. The molecule has 1 atom stereocenters. The fraction of sp³-hybridized carbons (Fsp3) is 0.786. The van der Waals surface area contributed by atoms with E-state index in [1.807, 2.05) is 17.9 Å². The number of aryl methyl sites for hydroxylation is 1. The lowest BCUT2D eigenvalue weighted by Gasteiger charge is -2.15. The Balaban J connectivity index is 1.63. The molecule has 1 unspecified atom stereocenters. The van der Waals surface area contributed by atoms with Gasteiger partial charge >= 0.3 is 0 Å². The van der Waals surface area contributed by atoms with Gasteiger partial charge in [0.15, 0.2) is 0 Å². The summed E-state index contributed by atoms with van der Waals surface area (Å²) in [5, 5.41) is 7.75. The molecule has 1 aliphatic rings. The van der Waals surface area contributed by atoms with Gasteiger partial charge in [0, 0.05) is 26.3 Å². The van der Waals surface area contributed by atoms with E-state index >= 15 is 0 Å². The fourth-order valence-corrected chi connectivity index (χ4v) is 2.65. The minimum Gasteiger partial charge on any atom is -0.316 e. The van der Waals surface area contributed by atoms with Crippen LogP contribution < -0.4 is 5.32 Å². The summed E-state index contributed by atoms with van der Waals surface area (Å²) in [6, 6.07) is 0. The van der Waals surface area contributed by atoms with Crippen LogP contribution in [0.3, 0.4) is 0 Å². The molecule has 1 aliphatic heterocycles. The van der Waals surface area contributed by atoms with Crippen molar-refractivity contribution in [2.45, 2.75) is 26.2 Å². The molecule has 1 aromatic rings.